The Morgan fingerprint density at radius 3 is 2.17 bits per heavy atom. The van der Waals surface area contributed by atoms with Crippen LogP contribution in [-0.2, 0) is 19.6 Å². The Bertz CT molecular complexity index is 983. The lowest BCUT2D eigenvalue weighted by Gasteiger charge is -2.30. The maximum Gasteiger partial charge on any atom is 0.337 e. The van der Waals surface area contributed by atoms with Crippen LogP contribution >= 0.6 is 11.6 Å². The monoisotopic (exact) mass is 436 g/mol. The average molecular weight is 437 g/mol. The molecule has 1 aliphatic rings. The normalized spacial score (nSPS) is 15.7. The summed E-state index contributed by atoms with van der Waals surface area (Å²) in [5, 5.41) is 3.28. The minimum atomic E-state index is -3.60. The standard InChI is InChI=1S/C20H21ClN2O5S/c1-28-20(25)15-2-6-17(7-3-15)22-19(24)14-10-12-23(13-11-14)29(26,27)18-8-4-16(21)5-9-18/h2-9,14H,10-13H2,1H3,(H,22,24). The molecule has 2 aromatic rings. The zero-order valence-corrected chi connectivity index (χ0v) is 17.4. The lowest BCUT2D eigenvalue weighted by molar-refractivity contribution is -0.120. The zero-order valence-electron chi connectivity index (χ0n) is 15.8. The van der Waals surface area contributed by atoms with E-state index in [-0.39, 0.29) is 29.8 Å². The molecule has 0 saturated carbocycles. The van der Waals surface area contributed by atoms with Gasteiger partial charge in [0.1, 0.15) is 0 Å². The van der Waals surface area contributed by atoms with Gasteiger partial charge in [-0.15, -0.1) is 0 Å². The second kappa shape index (κ2) is 8.94. The van der Waals surface area contributed by atoms with Gasteiger partial charge in [0.25, 0.3) is 0 Å². The molecular formula is C20H21ClN2O5S. The molecule has 0 spiro atoms. The van der Waals surface area contributed by atoms with Crippen molar-refractivity contribution in [2.75, 3.05) is 25.5 Å². The minimum absolute atomic E-state index is 0.167. The Balaban J connectivity index is 1.58. The van der Waals surface area contributed by atoms with Crippen molar-refractivity contribution >= 4 is 39.2 Å². The fourth-order valence-electron chi connectivity index (χ4n) is 3.17. The Hall–Kier alpha value is -2.42. The summed E-state index contributed by atoms with van der Waals surface area (Å²) >= 11 is 5.82. The molecule has 29 heavy (non-hydrogen) atoms. The van der Waals surface area contributed by atoms with Crippen molar-refractivity contribution in [2.45, 2.75) is 17.7 Å². The second-order valence-electron chi connectivity index (χ2n) is 6.69. The number of amides is 1. The summed E-state index contributed by atoms with van der Waals surface area (Å²) in [6, 6.07) is 12.4. The van der Waals surface area contributed by atoms with Gasteiger partial charge in [0.15, 0.2) is 0 Å². The molecule has 2 aromatic carbocycles. The number of nitrogens with one attached hydrogen (secondary N) is 1. The van der Waals surface area contributed by atoms with Crippen LogP contribution < -0.4 is 5.32 Å². The lowest BCUT2D eigenvalue weighted by atomic mass is 9.97. The zero-order chi connectivity index (χ0) is 21.0. The van der Waals surface area contributed by atoms with Crippen LogP contribution in [0.4, 0.5) is 5.69 Å². The molecule has 0 aromatic heterocycles. The number of carbonyl (C=O) groups is 2. The third kappa shape index (κ3) is 4.95. The number of hydrogen-bond acceptors (Lipinski definition) is 5. The first-order valence-corrected chi connectivity index (χ1v) is 10.9. The van der Waals surface area contributed by atoms with E-state index in [4.69, 9.17) is 11.6 Å². The summed E-state index contributed by atoms with van der Waals surface area (Å²) in [6.45, 7) is 0.536. The molecule has 1 fully saturated rings. The second-order valence-corrected chi connectivity index (χ2v) is 9.06. The first-order chi connectivity index (χ1) is 13.8. The van der Waals surface area contributed by atoms with Gasteiger partial charge < -0.3 is 10.1 Å². The maximum atomic E-state index is 12.7. The summed E-state index contributed by atoms with van der Waals surface area (Å²) in [4.78, 5) is 24.2. The number of hydrogen-bond donors (Lipinski definition) is 1. The molecule has 0 bridgehead atoms. The molecule has 7 nitrogen and oxygen atoms in total. The molecule has 0 aliphatic carbocycles. The highest BCUT2D eigenvalue weighted by molar-refractivity contribution is 7.89. The van der Waals surface area contributed by atoms with E-state index in [0.29, 0.717) is 29.1 Å². The van der Waals surface area contributed by atoms with Gasteiger partial charge in [-0.25, -0.2) is 13.2 Å². The summed E-state index contributed by atoms with van der Waals surface area (Å²) in [7, 11) is -2.30. The molecule has 9 heteroatoms. The Labute approximate surface area is 174 Å². The van der Waals surface area contributed by atoms with Crippen LogP contribution in [0.5, 0.6) is 0 Å². The number of sulfonamides is 1. The van der Waals surface area contributed by atoms with Crippen molar-refractivity contribution in [1.29, 1.82) is 0 Å². The number of benzene rings is 2. The molecule has 1 saturated heterocycles. The smallest absolute Gasteiger partial charge is 0.337 e. The predicted molar refractivity (Wildman–Crippen MR) is 109 cm³/mol. The van der Waals surface area contributed by atoms with E-state index in [1.165, 1.54) is 23.5 Å². The van der Waals surface area contributed by atoms with Crippen molar-refractivity contribution in [3.63, 3.8) is 0 Å². The number of anilines is 1. The first-order valence-electron chi connectivity index (χ1n) is 9.06. The summed E-state index contributed by atoms with van der Waals surface area (Å²) < 4.78 is 31.5. The van der Waals surface area contributed by atoms with Gasteiger partial charge in [0, 0.05) is 29.7 Å². The number of halogens is 1. The van der Waals surface area contributed by atoms with Gasteiger partial charge in [0.05, 0.1) is 17.6 Å². The van der Waals surface area contributed by atoms with Crippen LogP contribution in [0.2, 0.25) is 5.02 Å². The Morgan fingerprint density at radius 1 is 1.03 bits per heavy atom. The molecule has 0 radical (unpaired) electrons. The van der Waals surface area contributed by atoms with Crippen LogP contribution in [-0.4, -0.2) is 44.8 Å². The lowest BCUT2D eigenvalue weighted by Crippen LogP contribution is -2.41. The van der Waals surface area contributed by atoms with E-state index in [2.05, 4.69) is 10.1 Å². The van der Waals surface area contributed by atoms with Crippen LogP contribution in [0, 0.1) is 5.92 Å². The molecule has 1 aliphatic heterocycles. The highest BCUT2D eigenvalue weighted by atomic mass is 35.5. The first kappa shape index (κ1) is 21.3. The largest absolute Gasteiger partial charge is 0.465 e. The predicted octanol–water partition coefficient (Wildman–Crippen LogP) is 3.17. The van der Waals surface area contributed by atoms with Crippen LogP contribution in [0.1, 0.15) is 23.2 Å². The van der Waals surface area contributed by atoms with Gasteiger partial charge in [-0.05, 0) is 61.4 Å². The van der Waals surface area contributed by atoms with Gasteiger partial charge in [-0.2, -0.15) is 4.31 Å². The van der Waals surface area contributed by atoms with Crippen molar-refractivity contribution in [2.24, 2.45) is 5.92 Å². The number of methoxy groups -OCH3 is 1. The minimum Gasteiger partial charge on any atom is -0.465 e. The summed E-state index contributed by atoms with van der Waals surface area (Å²) in [5.74, 6) is -0.900. The maximum absolute atomic E-state index is 12.7. The Kier molecular flexibility index (Phi) is 6.56. The molecule has 154 valence electrons. The molecule has 0 unspecified atom stereocenters. The van der Waals surface area contributed by atoms with E-state index in [9.17, 15) is 18.0 Å². The third-order valence-corrected chi connectivity index (χ3v) is 7.01. The molecule has 1 amide bonds. The number of ether oxygens (including phenoxy) is 1. The van der Waals surface area contributed by atoms with Crippen molar-refractivity contribution in [1.82, 2.24) is 4.31 Å². The number of piperidine rings is 1. The number of esters is 1. The quantitative estimate of drug-likeness (QED) is 0.726. The molecule has 3 rings (SSSR count). The van der Waals surface area contributed by atoms with E-state index >= 15 is 0 Å². The number of carbonyl (C=O) groups excluding carboxylic acids is 2. The molecule has 1 N–H and O–H groups in total. The average Bonchev–Trinajstić information content (AvgIpc) is 2.74. The van der Waals surface area contributed by atoms with Crippen LogP contribution in [0.15, 0.2) is 53.4 Å². The fourth-order valence-corrected chi connectivity index (χ4v) is 4.76. The van der Waals surface area contributed by atoms with E-state index < -0.39 is 16.0 Å². The van der Waals surface area contributed by atoms with Crippen molar-refractivity contribution in [3.05, 3.63) is 59.1 Å². The highest BCUT2D eigenvalue weighted by Crippen LogP contribution is 2.25. The van der Waals surface area contributed by atoms with Crippen LogP contribution in [0.3, 0.4) is 0 Å². The highest BCUT2D eigenvalue weighted by Gasteiger charge is 2.32. The van der Waals surface area contributed by atoms with Gasteiger partial charge >= 0.3 is 5.97 Å². The van der Waals surface area contributed by atoms with Gasteiger partial charge in [0.2, 0.25) is 15.9 Å². The third-order valence-electron chi connectivity index (χ3n) is 4.85. The van der Waals surface area contributed by atoms with E-state index in [1.54, 1.807) is 36.4 Å². The molecular weight excluding hydrogens is 416 g/mol. The SMILES string of the molecule is COC(=O)c1ccc(NC(=O)C2CCN(S(=O)(=O)c3ccc(Cl)cc3)CC2)cc1. The summed E-state index contributed by atoms with van der Waals surface area (Å²) in [5.41, 5.74) is 0.963. The number of nitrogens with zero attached hydrogens (tertiary/aromatic N) is 1. The molecule has 1 heterocycles. The number of rotatable bonds is 5. The summed E-state index contributed by atoms with van der Waals surface area (Å²) in [6.07, 6.45) is 0.859. The van der Waals surface area contributed by atoms with Crippen molar-refractivity contribution in [3.8, 4) is 0 Å². The fraction of sp³-hybridized carbons (Fsp3) is 0.300. The molecule has 0 atom stereocenters. The topological polar surface area (TPSA) is 92.8 Å². The van der Waals surface area contributed by atoms with E-state index in [1.807, 2.05) is 0 Å². The van der Waals surface area contributed by atoms with Gasteiger partial charge in [-0.3, -0.25) is 4.79 Å². The van der Waals surface area contributed by atoms with Crippen molar-refractivity contribution < 1.29 is 22.7 Å². The van der Waals surface area contributed by atoms with Crippen LogP contribution in [0.25, 0.3) is 0 Å². The van der Waals surface area contributed by atoms with E-state index in [0.717, 1.165) is 0 Å². The Morgan fingerprint density at radius 2 is 1.62 bits per heavy atom. The van der Waals surface area contributed by atoms with Gasteiger partial charge in [-0.1, -0.05) is 11.6 Å².